The van der Waals surface area contributed by atoms with Gasteiger partial charge in [-0.05, 0) is 49.6 Å². The Hall–Kier alpha value is -3.13. The van der Waals surface area contributed by atoms with Gasteiger partial charge in [-0.15, -0.1) is 0 Å². The Bertz CT molecular complexity index is 1030. The molecule has 2 amide bonds. The normalized spacial score (nSPS) is 14.5. The van der Waals surface area contributed by atoms with Crippen LogP contribution in [-0.2, 0) is 6.54 Å². The summed E-state index contributed by atoms with van der Waals surface area (Å²) in [6.45, 7) is 9.42. The Morgan fingerprint density at radius 3 is 2.18 bits per heavy atom. The van der Waals surface area contributed by atoms with Crippen LogP contribution < -0.4 is 10.6 Å². The van der Waals surface area contributed by atoms with E-state index in [2.05, 4.69) is 18.7 Å². The van der Waals surface area contributed by atoms with Gasteiger partial charge >= 0.3 is 0 Å². The van der Waals surface area contributed by atoms with Gasteiger partial charge in [-0.2, -0.15) is 0 Å². The van der Waals surface area contributed by atoms with Crippen LogP contribution in [0.4, 0.5) is 5.69 Å². The van der Waals surface area contributed by atoms with E-state index in [-0.39, 0.29) is 18.2 Å². The topological polar surface area (TPSA) is 91.9 Å². The molecule has 8 nitrogen and oxygen atoms in total. The van der Waals surface area contributed by atoms with Crippen molar-refractivity contribution in [3.63, 3.8) is 0 Å². The molecule has 0 unspecified atom stereocenters. The lowest BCUT2D eigenvalue weighted by Crippen LogP contribution is -2.50. The maximum absolute atomic E-state index is 13.2. The van der Waals surface area contributed by atoms with E-state index in [1.54, 1.807) is 6.07 Å². The van der Waals surface area contributed by atoms with Gasteiger partial charge in [0.15, 0.2) is 5.78 Å². The second-order valence-corrected chi connectivity index (χ2v) is 9.66. The molecule has 0 radical (unpaired) electrons. The molecule has 1 saturated heterocycles. The number of rotatable bonds is 9. The molecule has 1 fully saturated rings. The first-order valence-electron chi connectivity index (χ1n) is 11.9. The molecule has 0 saturated carbocycles. The average Bonchev–Trinajstić information content (AvgIpc) is 3.14. The van der Waals surface area contributed by atoms with E-state index in [4.69, 9.17) is 5.73 Å². The third kappa shape index (κ3) is 5.86. The van der Waals surface area contributed by atoms with Crippen LogP contribution in [0.3, 0.4) is 0 Å². The Labute approximate surface area is 202 Å². The van der Waals surface area contributed by atoms with Crippen molar-refractivity contribution in [3.05, 3.63) is 52.8 Å². The van der Waals surface area contributed by atoms with E-state index < -0.39 is 5.91 Å². The summed E-state index contributed by atoms with van der Waals surface area (Å²) < 4.78 is 1.93. The summed E-state index contributed by atoms with van der Waals surface area (Å²) in [5.41, 5.74) is 8.94. The number of hydrogen-bond acceptors (Lipinski definition) is 5. The fourth-order valence-electron chi connectivity index (χ4n) is 4.28. The van der Waals surface area contributed by atoms with Gasteiger partial charge < -0.3 is 20.1 Å². The second kappa shape index (κ2) is 10.9. The molecule has 0 atom stereocenters. The van der Waals surface area contributed by atoms with Gasteiger partial charge in [0, 0.05) is 63.8 Å². The van der Waals surface area contributed by atoms with Crippen LogP contribution in [0.15, 0.2) is 30.3 Å². The minimum Gasteiger partial charge on any atom is -0.378 e. The first-order valence-corrected chi connectivity index (χ1v) is 11.9. The summed E-state index contributed by atoms with van der Waals surface area (Å²) in [5, 5.41) is 0. The third-order valence-corrected chi connectivity index (χ3v) is 6.51. The van der Waals surface area contributed by atoms with Crippen molar-refractivity contribution < 1.29 is 14.4 Å². The predicted molar refractivity (Wildman–Crippen MR) is 135 cm³/mol. The summed E-state index contributed by atoms with van der Waals surface area (Å²) in [4.78, 5) is 43.8. The number of aromatic nitrogens is 1. The highest BCUT2D eigenvalue weighted by Gasteiger charge is 2.26. The predicted octanol–water partition coefficient (Wildman–Crippen LogP) is 2.65. The lowest BCUT2D eigenvalue weighted by atomic mass is 10.1. The van der Waals surface area contributed by atoms with Crippen molar-refractivity contribution in [1.82, 2.24) is 14.4 Å². The van der Waals surface area contributed by atoms with Crippen LogP contribution in [0.2, 0.25) is 0 Å². The highest BCUT2D eigenvalue weighted by atomic mass is 16.2. The standard InChI is InChI=1S/C26H37N5O3/c1-18(2)10-11-31-19(3)22(25(27)33)16-23(31)24(32)17-29-12-14-30(15-13-29)26(34)20-6-8-21(9-7-20)28(4)5/h6-9,16,18H,10-15,17H2,1-5H3,(H2,27,33). The number of nitrogens with zero attached hydrogens (tertiary/aromatic N) is 4. The van der Waals surface area contributed by atoms with Gasteiger partial charge in [0.05, 0.1) is 17.8 Å². The van der Waals surface area contributed by atoms with E-state index in [0.717, 1.165) is 17.8 Å². The van der Waals surface area contributed by atoms with Gasteiger partial charge in [0.25, 0.3) is 11.8 Å². The van der Waals surface area contributed by atoms with Crippen LogP contribution in [0, 0.1) is 12.8 Å². The molecule has 0 aliphatic carbocycles. The molecule has 2 N–H and O–H groups in total. The van der Waals surface area contributed by atoms with Crippen molar-refractivity contribution in [2.45, 2.75) is 33.7 Å². The largest absolute Gasteiger partial charge is 0.378 e. The number of nitrogens with two attached hydrogens (primary N) is 1. The number of piperazine rings is 1. The quantitative estimate of drug-likeness (QED) is 0.573. The van der Waals surface area contributed by atoms with Crippen molar-refractivity contribution in [2.75, 3.05) is 51.7 Å². The zero-order valence-electron chi connectivity index (χ0n) is 21.0. The molecular formula is C26H37N5O3. The van der Waals surface area contributed by atoms with Gasteiger partial charge in [0.1, 0.15) is 0 Å². The Kier molecular flexibility index (Phi) is 8.15. The Morgan fingerprint density at radius 2 is 1.65 bits per heavy atom. The molecule has 0 bridgehead atoms. The molecule has 0 spiro atoms. The summed E-state index contributed by atoms with van der Waals surface area (Å²) >= 11 is 0. The highest BCUT2D eigenvalue weighted by molar-refractivity contribution is 6.01. The third-order valence-electron chi connectivity index (χ3n) is 6.51. The molecule has 1 aromatic heterocycles. The van der Waals surface area contributed by atoms with Gasteiger partial charge in [-0.25, -0.2) is 0 Å². The van der Waals surface area contributed by atoms with Gasteiger partial charge in [-0.1, -0.05) is 13.8 Å². The first-order chi connectivity index (χ1) is 16.1. The van der Waals surface area contributed by atoms with Crippen molar-refractivity contribution in [3.8, 4) is 0 Å². The van der Waals surface area contributed by atoms with Crippen LogP contribution in [-0.4, -0.2) is 78.8 Å². The molecule has 1 aliphatic rings. The summed E-state index contributed by atoms with van der Waals surface area (Å²) in [7, 11) is 3.93. The monoisotopic (exact) mass is 467 g/mol. The van der Waals surface area contributed by atoms with Crippen LogP contribution in [0.5, 0.6) is 0 Å². The number of carbonyl (C=O) groups excluding carboxylic acids is 3. The van der Waals surface area contributed by atoms with E-state index >= 15 is 0 Å². The number of amides is 2. The molecule has 184 valence electrons. The Morgan fingerprint density at radius 1 is 1.03 bits per heavy atom. The zero-order valence-corrected chi connectivity index (χ0v) is 21.0. The molecule has 3 rings (SSSR count). The number of primary amides is 1. The zero-order chi connectivity index (χ0) is 25.0. The van der Waals surface area contributed by atoms with E-state index in [9.17, 15) is 14.4 Å². The number of ketones is 1. The highest BCUT2D eigenvalue weighted by Crippen LogP contribution is 2.19. The molecule has 34 heavy (non-hydrogen) atoms. The van der Waals surface area contributed by atoms with E-state index in [1.165, 1.54) is 0 Å². The number of anilines is 1. The summed E-state index contributed by atoms with van der Waals surface area (Å²) in [6.07, 6.45) is 0.907. The SMILES string of the molecule is Cc1c(C(N)=O)cc(C(=O)CN2CCN(C(=O)c3ccc(N(C)C)cc3)CC2)n1CCC(C)C. The van der Waals surface area contributed by atoms with Crippen LogP contribution in [0.1, 0.15) is 57.2 Å². The van der Waals surface area contributed by atoms with Crippen molar-refractivity contribution >= 4 is 23.3 Å². The van der Waals surface area contributed by atoms with Gasteiger partial charge in [0.2, 0.25) is 0 Å². The number of carbonyl (C=O) groups is 3. The number of benzene rings is 1. The van der Waals surface area contributed by atoms with Crippen molar-refractivity contribution in [1.29, 1.82) is 0 Å². The van der Waals surface area contributed by atoms with E-state index in [0.29, 0.717) is 55.5 Å². The molecular weight excluding hydrogens is 430 g/mol. The maximum Gasteiger partial charge on any atom is 0.253 e. The fourth-order valence-corrected chi connectivity index (χ4v) is 4.28. The van der Waals surface area contributed by atoms with E-state index in [1.807, 2.05) is 59.7 Å². The van der Waals surface area contributed by atoms with Crippen LogP contribution in [0.25, 0.3) is 0 Å². The molecule has 1 aliphatic heterocycles. The first kappa shape index (κ1) is 25.5. The number of Topliss-reactive ketones (excluding diaryl/α,β-unsaturated/α-hetero) is 1. The summed E-state index contributed by atoms with van der Waals surface area (Å²) in [5.74, 6) is -0.0500. The van der Waals surface area contributed by atoms with Gasteiger partial charge in [-0.3, -0.25) is 19.3 Å². The smallest absolute Gasteiger partial charge is 0.253 e. The lowest BCUT2D eigenvalue weighted by molar-refractivity contribution is 0.0623. The minimum absolute atomic E-state index is 0.0144. The van der Waals surface area contributed by atoms with Crippen LogP contribution >= 0.6 is 0 Å². The summed E-state index contributed by atoms with van der Waals surface area (Å²) in [6, 6.07) is 9.24. The lowest BCUT2D eigenvalue weighted by Gasteiger charge is -2.34. The second-order valence-electron chi connectivity index (χ2n) is 9.66. The van der Waals surface area contributed by atoms with Crippen molar-refractivity contribution in [2.24, 2.45) is 11.7 Å². The maximum atomic E-state index is 13.2. The fraction of sp³-hybridized carbons (Fsp3) is 0.500. The molecule has 2 heterocycles. The molecule has 2 aromatic rings. The molecule has 8 heteroatoms. The molecule has 1 aromatic carbocycles. The minimum atomic E-state index is -0.513. The Balaban J connectivity index is 1.62. The number of hydrogen-bond donors (Lipinski definition) is 1. The average molecular weight is 468 g/mol.